The van der Waals surface area contributed by atoms with Crippen molar-refractivity contribution in [3.63, 3.8) is 0 Å². The van der Waals surface area contributed by atoms with Crippen LogP contribution in [0.3, 0.4) is 0 Å². The third-order valence-electron chi connectivity index (χ3n) is 7.59. The molecule has 0 spiro atoms. The number of ether oxygens (including phenoxy) is 3. The standard InChI is InChI=1S/C34H63NO5/c1-13-28(36)38-22-17-20-33(10,11)39-23-21-34(12,35)40-29(37)25-32(8,9)24-27(3)18-15-16-19-31(6,7)26-30(4,5)14-2/h13,15-16,27H,1,14,17-26,35H2,2-12H3/b16-15+. The van der Waals surface area contributed by atoms with Gasteiger partial charge in [-0.3, -0.25) is 10.5 Å². The first-order valence-electron chi connectivity index (χ1n) is 15.2. The summed E-state index contributed by atoms with van der Waals surface area (Å²) in [6.45, 7) is 27.9. The monoisotopic (exact) mass is 565 g/mol. The van der Waals surface area contributed by atoms with E-state index in [0.29, 0.717) is 49.2 Å². The maximum atomic E-state index is 12.8. The zero-order valence-electron chi connectivity index (χ0n) is 27.9. The van der Waals surface area contributed by atoms with Gasteiger partial charge >= 0.3 is 11.9 Å². The maximum Gasteiger partial charge on any atom is 0.330 e. The van der Waals surface area contributed by atoms with Crippen molar-refractivity contribution >= 4 is 11.9 Å². The predicted molar refractivity (Wildman–Crippen MR) is 167 cm³/mol. The summed E-state index contributed by atoms with van der Waals surface area (Å²) in [5, 5.41) is 0. The van der Waals surface area contributed by atoms with Gasteiger partial charge in [-0.2, -0.15) is 0 Å². The molecule has 0 saturated carbocycles. The molecule has 0 heterocycles. The quantitative estimate of drug-likeness (QED) is 0.0493. The minimum atomic E-state index is -1.10. The Morgan fingerprint density at radius 3 is 2.10 bits per heavy atom. The Balaban J connectivity index is 4.52. The minimum Gasteiger partial charge on any atom is -0.463 e. The molecule has 6 heteroatoms. The van der Waals surface area contributed by atoms with Gasteiger partial charge in [0.2, 0.25) is 0 Å². The third-order valence-corrected chi connectivity index (χ3v) is 7.59. The first kappa shape index (κ1) is 38.3. The van der Waals surface area contributed by atoms with E-state index in [9.17, 15) is 9.59 Å². The first-order chi connectivity index (χ1) is 18.1. The minimum absolute atomic E-state index is 0.182. The van der Waals surface area contributed by atoms with Crippen LogP contribution in [0, 0.1) is 22.2 Å². The molecule has 0 amide bonds. The molecule has 6 nitrogen and oxygen atoms in total. The third kappa shape index (κ3) is 19.4. The molecule has 0 fully saturated rings. The predicted octanol–water partition coefficient (Wildman–Crippen LogP) is 8.53. The molecule has 2 atom stereocenters. The van der Waals surface area contributed by atoms with E-state index in [1.807, 2.05) is 13.8 Å². The second-order valence-corrected chi connectivity index (χ2v) is 15.0. The highest BCUT2D eigenvalue weighted by molar-refractivity contribution is 5.81. The molecule has 0 radical (unpaired) electrons. The molecule has 0 bridgehead atoms. The van der Waals surface area contributed by atoms with Crippen molar-refractivity contribution in [2.75, 3.05) is 13.2 Å². The molecule has 2 unspecified atom stereocenters. The summed E-state index contributed by atoms with van der Waals surface area (Å²) in [6.07, 6.45) is 13.3. The van der Waals surface area contributed by atoms with Crippen molar-refractivity contribution in [1.29, 1.82) is 0 Å². The van der Waals surface area contributed by atoms with Crippen LogP contribution in [0.25, 0.3) is 0 Å². The van der Waals surface area contributed by atoms with Crippen LogP contribution in [0.5, 0.6) is 0 Å². The molecule has 234 valence electrons. The SMILES string of the molecule is C=CC(=O)OCCCC(C)(C)OCCC(C)(N)OC(=O)CC(C)(C)CC(C)C/C=C/CC(C)(C)CC(C)(C)CC. The largest absolute Gasteiger partial charge is 0.463 e. The van der Waals surface area contributed by atoms with Crippen LogP contribution in [0.15, 0.2) is 24.8 Å². The summed E-state index contributed by atoms with van der Waals surface area (Å²) < 4.78 is 16.7. The summed E-state index contributed by atoms with van der Waals surface area (Å²) in [7, 11) is 0. The Bertz CT molecular complexity index is 807. The number of nitrogens with two attached hydrogens (primary N) is 1. The van der Waals surface area contributed by atoms with Crippen LogP contribution in [-0.4, -0.2) is 36.5 Å². The van der Waals surface area contributed by atoms with Gasteiger partial charge in [0.15, 0.2) is 5.72 Å². The van der Waals surface area contributed by atoms with Crippen LogP contribution in [0.2, 0.25) is 0 Å². The second kappa shape index (κ2) is 16.7. The lowest BCUT2D eigenvalue weighted by molar-refractivity contribution is -0.163. The van der Waals surface area contributed by atoms with E-state index < -0.39 is 17.3 Å². The highest BCUT2D eigenvalue weighted by atomic mass is 16.6. The lowest BCUT2D eigenvalue weighted by atomic mass is 9.72. The summed E-state index contributed by atoms with van der Waals surface area (Å²) in [5.41, 5.74) is 5.27. The van der Waals surface area contributed by atoms with Crippen LogP contribution >= 0.6 is 0 Å². The van der Waals surface area contributed by atoms with Crippen LogP contribution in [0.1, 0.15) is 134 Å². The number of allylic oxidation sites excluding steroid dienone is 2. The van der Waals surface area contributed by atoms with Gasteiger partial charge in [0.1, 0.15) is 0 Å². The van der Waals surface area contributed by atoms with Crippen LogP contribution in [0.4, 0.5) is 0 Å². The Labute approximate surface area is 246 Å². The van der Waals surface area contributed by atoms with Gasteiger partial charge in [0.05, 0.1) is 25.2 Å². The molecule has 0 aliphatic carbocycles. The number of carbonyl (C=O) groups is 2. The van der Waals surface area contributed by atoms with E-state index in [1.54, 1.807) is 6.92 Å². The zero-order valence-corrected chi connectivity index (χ0v) is 27.9. The van der Waals surface area contributed by atoms with Crippen molar-refractivity contribution in [2.24, 2.45) is 27.9 Å². The fourth-order valence-corrected chi connectivity index (χ4v) is 5.39. The smallest absolute Gasteiger partial charge is 0.330 e. The van der Waals surface area contributed by atoms with Crippen molar-refractivity contribution in [3.8, 4) is 0 Å². The van der Waals surface area contributed by atoms with Crippen molar-refractivity contribution in [2.45, 2.75) is 145 Å². The van der Waals surface area contributed by atoms with Gasteiger partial charge in [-0.15, -0.1) is 0 Å². The summed E-state index contributed by atoms with van der Waals surface area (Å²) >= 11 is 0. The molecule has 0 aromatic heterocycles. The number of rotatable bonds is 21. The van der Waals surface area contributed by atoms with E-state index in [4.69, 9.17) is 19.9 Å². The van der Waals surface area contributed by atoms with Crippen molar-refractivity contribution < 1.29 is 23.8 Å². The number of hydrogen-bond donors (Lipinski definition) is 1. The van der Waals surface area contributed by atoms with E-state index in [2.05, 4.69) is 74.1 Å². The molecular formula is C34H63NO5. The van der Waals surface area contributed by atoms with Gasteiger partial charge in [0, 0.05) is 12.5 Å². The van der Waals surface area contributed by atoms with Gasteiger partial charge in [-0.25, -0.2) is 4.79 Å². The van der Waals surface area contributed by atoms with E-state index in [1.165, 1.54) is 12.8 Å². The fourth-order valence-electron chi connectivity index (χ4n) is 5.39. The molecular weight excluding hydrogens is 502 g/mol. The number of hydrogen-bond acceptors (Lipinski definition) is 6. The zero-order chi connectivity index (χ0) is 31.3. The first-order valence-corrected chi connectivity index (χ1v) is 15.2. The van der Waals surface area contributed by atoms with Crippen molar-refractivity contribution in [3.05, 3.63) is 24.8 Å². The topological polar surface area (TPSA) is 87.8 Å². The molecule has 40 heavy (non-hydrogen) atoms. The van der Waals surface area contributed by atoms with Crippen molar-refractivity contribution in [1.82, 2.24) is 0 Å². The fraction of sp³-hybridized carbons (Fsp3) is 0.824. The van der Waals surface area contributed by atoms with Gasteiger partial charge in [-0.05, 0) is 81.5 Å². The van der Waals surface area contributed by atoms with Crippen LogP contribution in [-0.2, 0) is 23.8 Å². The number of carbonyl (C=O) groups excluding carboxylic acids is 2. The second-order valence-electron chi connectivity index (χ2n) is 15.0. The maximum absolute atomic E-state index is 12.8. The Kier molecular flexibility index (Phi) is 16.0. The Hall–Kier alpha value is -1.66. The highest BCUT2D eigenvalue weighted by Crippen LogP contribution is 2.38. The Morgan fingerprint density at radius 2 is 1.52 bits per heavy atom. The molecule has 2 N–H and O–H groups in total. The molecule has 0 aromatic carbocycles. The van der Waals surface area contributed by atoms with E-state index in [-0.39, 0.29) is 11.4 Å². The van der Waals surface area contributed by atoms with Gasteiger partial charge in [0.25, 0.3) is 0 Å². The average molecular weight is 566 g/mol. The summed E-state index contributed by atoms with van der Waals surface area (Å²) in [6, 6.07) is 0. The molecule has 0 rings (SSSR count). The van der Waals surface area contributed by atoms with E-state index >= 15 is 0 Å². The van der Waals surface area contributed by atoms with E-state index in [0.717, 1.165) is 31.8 Å². The normalized spacial score (nSPS) is 15.5. The number of esters is 2. The average Bonchev–Trinajstić information content (AvgIpc) is 2.77. The molecule has 0 saturated heterocycles. The van der Waals surface area contributed by atoms with Crippen LogP contribution < -0.4 is 5.73 Å². The lowest BCUT2D eigenvalue weighted by Crippen LogP contribution is -2.43. The lowest BCUT2D eigenvalue weighted by Gasteiger charge is -2.33. The van der Waals surface area contributed by atoms with Gasteiger partial charge < -0.3 is 14.2 Å². The summed E-state index contributed by atoms with van der Waals surface area (Å²) in [5.74, 6) is -0.230. The molecule has 0 aromatic rings. The van der Waals surface area contributed by atoms with Gasteiger partial charge in [-0.1, -0.05) is 80.5 Å². The summed E-state index contributed by atoms with van der Waals surface area (Å²) in [4.78, 5) is 23.9. The Morgan fingerprint density at radius 1 is 0.900 bits per heavy atom. The molecule has 0 aliphatic heterocycles. The molecule has 0 aliphatic rings. The highest BCUT2D eigenvalue weighted by Gasteiger charge is 2.31.